The average molecular weight is 342 g/mol. The van der Waals surface area contributed by atoms with Crippen molar-refractivity contribution in [1.82, 2.24) is 9.47 Å². The highest BCUT2D eigenvalue weighted by Crippen LogP contribution is 2.34. The minimum absolute atomic E-state index is 0.0940. The van der Waals surface area contributed by atoms with E-state index in [1.165, 1.54) is 11.8 Å². The summed E-state index contributed by atoms with van der Waals surface area (Å²) in [6.07, 6.45) is 4.03. The minimum atomic E-state index is -0.483. The number of likely N-dealkylation sites (tertiary alicyclic amines) is 1. The van der Waals surface area contributed by atoms with Gasteiger partial charge in [0.1, 0.15) is 5.69 Å². The number of amides is 1. The SMILES string of the molecule is C[C@@H](C(=O)Nc1ccccc1[N+](=O)[O-])N1CCC[C@@H]1c1cccn1C. The topological polar surface area (TPSA) is 80.4 Å². The van der Waals surface area contributed by atoms with Crippen molar-refractivity contribution in [1.29, 1.82) is 0 Å². The first-order valence-electron chi connectivity index (χ1n) is 8.40. The van der Waals surface area contributed by atoms with Crippen LogP contribution in [0, 0.1) is 10.1 Å². The molecule has 1 fully saturated rings. The molecule has 0 aliphatic carbocycles. The van der Waals surface area contributed by atoms with Gasteiger partial charge in [-0.05, 0) is 44.5 Å². The lowest BCUT2D eigenvalue weighted by Gasteiger charge is -2.30. The molecule has 1 amide bonds. The van der Waals surface area contributed by atoms with Gasteiger partial charge in [-0.2, -0.15) is 0 Å². The molecule has 3 rings (SSSR count). The molecule has 1 aliphatic rings. The molecule has 1 saturated heterocycles. The number of hydrogen-bond donors (Lipinski definition) is 1. The van der Waals surface area contributed by atoms with Gasteiger partial charge in [0, 0.05) is 25.0 Å². The fourth-order valence-corrected chi connectivity index (χ4v) is 3.52. The molecule has 0 unspecified atom stereocenters. The Balaban J connectivity index is 1.76. The lowest BCUT2D eigenvalue weighted by atomic mass is 10.1. The fourth-order valence-electron chi connectivity index (χ4n) is 3.52. The van der Waals surface area contributed by atoms with Crippen molar-refractivity contribution in [2.45, 2.75) is 31.8 Å². The average Bonchev–Trinajstić information content (AvgIpc) is 3.22. The lowest BCUT2D eigenvalue weighted by Crippen LogP contribution is -2.42. The van der Waals surface area contributed by atoms with Gasteiger partial charge in [-0.1, -0.05) is 12.1 Å². The maximum atomic E-state index is 12.7. The Morgan fingerprint density at radius 1 is 1.32 bits per heavy atom. The first kappa shape index (κ1) is 17.2. The highest BCUT2D eigenvalue weighted by molar-refractivity contribution is 5.96. The Hall–Kier alpha value is -2.67. The van der Waals surface area contributed by atoms with Crippen LogP contribution >= 0.6 is 0 Å². The number of para-hydroxylation sites is 2. The number of rotatable bonds is 5. The van der Waals surface area contributed by atoms with Crippen LogP contribution < -0.4 is 5.32 Å². The summed E-state index contributed by atoms with van der Waals surface area (Å²) in [5.41, 5.74) is 1.32. The molecule has 2 atom stereocenters. The summed E-state index contributed by atoms with van der Waals surface area (Å²) in [5, 5.41) is 13.8. The number of nitrogens with zero attached hydrogens (tertiary/aromatic N) is 3. The van der Waals surface area contributed by atoms with E-state index in [4.69, 9.17) is 0 Å². The van der Waals surface area contributed by atoms with Gasteiger partial charge in [0.2, 0.25) is 5.91 Å². The second kappa shape index (κ2) is 7.06. The van der Waals surface area contributed by atoms with E-state index >= 15 is 0 Å². The number of carbonyl (C=O) groups is 1. The van der Waals surface area contributed by atoms with E-state index in [2.05, 4.69) is 20.9 Å². The second-order valence-corrected chi connectivity index (χ2v) is 6.38. The molecule has 1 N–H and O–H groups in total. The van der Waals surface area contributed by atoms with Crippen molar-refractivity contribution in [3.05, 3.63) is 58.4 Å². The van der Waals surface area contributed by atoms with Gasteiger partial charge in [0.15, 0.2) is 0 Å². The van der Waals surface area contributed by atoms with Gasteiger partial charge < -0.3 is 9.88 Å². The van der Waals surface area contributed by atoms with Crippen LogP contribution in [-0.4, -0.2) is 32.9 Å². The van der Waals surface area contributed by atoms with Gasteiger partial charge >= 0.3 is 0 Å². The van der Waals surface area contributed by atoms with Crippen molar-refractivity contribution >= 4 is 17.3 Å². The predicted octanol–water partition coefficient (Wildman–Crippen LogP) is 3.10. The van der Waals surface area contributed by atoms with Crippen molar-refractivity contribution < 1.29 is 9.72 Å². The third-order valence-corrected chi connectivity index (χ3v) is 4.86. The van der Waals surface area contributed by atoms with Crippen LogP contribution in [0.1, 0.15) is 31.5 Å². The molecule has 132 valence electrons. The van der Waals surface area contributed by atoms with Gasteiger partial charge in [-0.25, -0.2) is 0 Å². The van der Waals surface area contributed by atoms with E-state index in [-0.39, 0.29) is 29.4 Å². The fraction of sp³-hybridized carbons (Fsp3) is 0.389. The molecule has 1 aliphatic heterocycles. The highest BCUT2D eigenvalue weighted by atomic mass is 16.6. The number of nitro groups is 1. The van der Waals surface area contributed by atoms with Crippen LogP contribution in [0.2, 0.25) is 0 Å². The molecule has 0 saturated carbocycles. The number of hydrogen-bond acceptors (Lipinski definition) is 4. The number of nitro benzene ring substituents is 1. The molecule has 0 radical (unpaired) electrons. The van der Waals surface area contributed by atoms with Gasteiger partial charge in [0.05, 0.1) is 17.0 Å². The van der Waals surface area contributed by atoms with Crippen LogP contribution in [0.5, 0.6) is 0 Å². The van der Waals surface area contributed by atoms with Gasteiger partial charge in [-0.3, -0.25) is 19.8 Å². The Morgan fingerprint density at radius 2 is 2.08 bits per heavy atom. The molecule has 1 aromatic heterocycles. The highest BCUT2D eigenvalue weighted by Gasteiger charge is 2.34. The zero-order valence-corrected chi connectivity index (χ0v) is 14.4. The molecule has 7 nitrogen and oxygen atoms in total. The zero-order chi connectivity index (χ0) is 18.0. The lowest BCUT2D eigenvalue weighted by molar-refractivity contribution is -0.383. The molecule has 1 aromatic carbocycles. The van der Waals surface area contributed by atoms with Gasteiger partial charge in [-0.15, -0.1) is 0 Å². The second-order valence-electron chi connectivity index (χ2n) is 6.38. The zero-order valence-electron chi connectivity index (χ0n) is 14.4. The molecule has 2 heterocycles. The standard InChI is InChI=1S/C18H22N4O3/c1-13(18(23)19-14-7-3-4-8-15(14)22(24)25)21-12-6-10-17(21)16-9-5-11-20(16)2/h3-5,7-9,11,13,17H,6,10,12H2,1-2H3,(H,19,23)/t13-,17+/m0/s1. The van der Waals surface area contributed by atoms with Crippen molar-refractivity contribution in [3.8, 4) is 0 Å². The van der Waals surface area contributed by atoms with Crippen LogP contribution in [0.15, 0.2) is 42.6 Å². The van der Waals surface area contributed by atoms with Crippen molar-refractivity contribution in [3.63, 3.8) is 0 Å². The smallest absolute Gasteiger partial charge is 0.292 e. The largest absolute Gasteiger partial charge is 0.353 e. The first-order valence-corrected chi connectivity index (χ1v) is 8.40. The number of anilines is 1. The van der Waals surface area contributed by atoms with Crippen molar-refractivity contribution in [2.24, 2.45) is 7.05 Å². The number of carbonyl (C=O) groups excluding carboxylic acids is 1. The number of aromatic nitrogens is 1. The molecule has 2 aromatic rings. The molecule has 0 bridgehead atoms. The minimum Gasteiger partial charge on any atom is -0.353 e. The summed E-state index contributed by atoms with van der Waals surface area (Å²) in [6.45, 7) is 2.69. The Labute approximate surface area is 146 Å². The molecule has 0 spiro atoms. The summed E-state index contributed by atoms with van der Waals surface area (Å²) in [5.74, 6) is -0.226. The number of aryl methyl sites for hydroxylation is 1. The normalized spacial score (nSPS) is 18.9. The summed E-state index contributed by atoms with van der Waals surface area (Å²) in [7, 11) is 2.00. The van der Waals surface area contributed by atoms with Crippen LogP contribution in [0.25, 0.3) is 0 Å². The molecule has 7 heteroatoms. The first-order chi connectivity index (χ1) is 12.0. The number of nitrogens with one attached hydrogen (secondary N) is 1. The molecular formula is C18H22N4O3. The summed E-state index contributed by atoms with van der Waals surface area (Å²) < 4.78 is 2.08. The van der Waals surface area contributed by atoms with Crippen molar-refractivity contribution in [2.75, 3.05) is 11.9 Å². The van der Waals surface area contributed by atoms with E-state index < -0.39 is 4.92 Å². The summed E-state index contributed by atoms with van der Waals surface area (Å²) >= 11 is 0. The van der Waals surface area contributed by atoms with Crippen LogP contribution in [-0.2, 0) is 11.8 Å². The molecule has 25 heavy (non-hydrogen) atoms. The maximum Gasteiger partial charge on any atom is 0.292 e. The Bertz CT molecular complexity index is 786. The monoisotopic (exact) mass is 342 g/mol. The Morgan fingerprint density at radius 3 is 2.76 bits per heavy atom. The van der Waals surface area contributed by atoms with E-state index in [0.29, 0.717) is 0 Å². The quantitative estimate of drug-likeness (QED) is 0.669. The summed E-state index contributed by atoms with van der Waals surface area (Å²) in [6, 6.07) is 10.1. The van der Waals surface area contributed by atoms with E-state index in [1.54, 1.807) is 18.2 Å². The van der Waals surface area contributed by atoms with E-state index in [9.17, 15) is 14.9 Å². The molecular weight excluding hydrogens is 320 g/mol. The van der Waals surface area contributed by atoms with Crippen LogP contribution in [0.4, 0.5) is 11.4 Å². The van der Waals surface area contributed by atoms with Crippen LogP contribution in [0.3, 0.4) is 0 Å². The van der Waals surface area contributed by atoms with Gasteiger partial charge in [0.25, 0.3) is 5.69 Å². The Kier molecular flexibility index (Phi) is 4.85. The maximum absolute atomic E-state index is 12.7. The third-order valence-electron chi connectivity index (χ3n) is 4.86. The number of benzene rings is 1. The summed E-state index contributed by atoms with van der Waals surface area (Å²) in [4.78, 5) is 25.5. The van der Waals surface area contributed by atoms with E-state index in [0.717, 1.165) is 19.4 Å². The predicted molar refractivity (Wildman–Crippen MR) is 95.3 cm³/mol. The third kappa shape index (κ3) is 3.41. The van der Waals surface area contributed by atoms with E-state index in [1.807, 2.05) is 26.2 Å².